The molecule has 1 atom stereocenters. The molecule has 0 spiro atoms. The summed E-state index contributed by atoms with van der Waals surface area (Å²) in [7, 11) is 0. The molecule has 130 valence electrons. The van der Waals surface area contributed by atoms with Crippen LogP contribution in [0.25, 0.3) is 0 Å². The van der Waals surface area contributed by atoms with Crippen molar-refractivity contribution in [1.29, 1.82) is 0 Å². The molecule has 1 saturated heterocycles. The summed E-state index contributed by atoms with van der Waals surface area (Å²) in [5.74, 6) is 1.73. The summed E-state index contributed by atoms with van der Waals surface area (Å²) in [6.45, 7) is 2.88. The Bertz CT molecular complexity index is 744. The maximum Gasteiger partial charge on any atom is 0.240 e. The fourth-order valence-electron chi connectivity index (χ4n) is 3.23. The number of likely N-dealkylation sites (tertiary alicyclic amines) is 1. The summed E-state index contributed by atoms with van der Waals surface area (Å²) in [6, 6.07) is 15.9. The highest BCUT2D eigenvalue weighted by Crippen LogP contribution is 2.41. The standard InChI is InChI=1S/C20H21NO3S/c22-20(21-10-4-5-11-21)19(15-6-2-1-3-7-15)25-16-8-9-17-18(14-16)24-13-12-23-17/h1-3,6-9,14,19H,4-5,10-13H2/t19-/m0/s1. The average molecular weight is 355 g/mol. The van der Waals surface area contributed by atoms with Crippen LogP contribution in [0, 0.1) is 0 Å². The summed E-state index contributed by atoms with van der Waals surface area (Å²) >= 11 is 1.58. The van der Waals surface area contributed by atoms with Gasteiger partial charge in [0.05, 0.1) is 0 Å². The minimum Gasteiger partial charge on any atom is -0.486 e. The van der Waals surface area contributed by atoms with Crippen LogP contribution >= 0.6 is 11.8 Å². The van der Waals surface area contributed by atoms with E-state index in [0.29, 0.717) is 13.2 Å². The lowest BCUT2D eigenvalue weighted by Gasteiger charge is -2.24. The second kappa shape index (κ2) is 7.40. The van der Waals surface area contributed by atoms with Gasteiger partial charge in [0.2, 0.25) is 5.91 Å². The summed E-state index contributed by atoms with van der Waals surface area (Å²) in [5, 5.41) is -0.234. The minimum atomic E-state index is -0.234. The van der Waals surface area contributed by atoms with Crippen molar-refractivity contribution in [3.8, 4) is 11.5 Å². The lowest BCUT2D eigenvalue weighted by atomic mass is 10.1. The van der Waals surface area contributed by atoms with Gasteiger partial charge in [0.25, 0.3) is 0 Å². The molecule has 2 heterocycles. The molecule has 4 rings (SSSR count). The first-order valence-electron chi connectivity index (χ1n) is 8.71. The van der Waals surface area contributed by atoms with Crippen LogP contribution in [0.4, 0.5) is 0 Å². The van der Waals surface area contributed by atoms with Crippen LogP contribution in [0.1, 0.15) is 23.7 Å². The number of nitrogens with zero attached hydrogens (tertiary/aromatic N) is 1. The van der Waals surface area contributed by atoms with Gasteiger partial charge in [-0.1, -0.05) is 30.3 Å². The van der Waals surface area contributed by atoms with Crippen molar-refractivity contribution in [1.82, 2.24) is 4.90 Å². The van der Waals surface area contributed by atoms with Gasteiger partial charge >= 0.3 is 0 Å². The number of fused-ring (bicyclic) bond motifs is 1. The SMILES string of the molecule is O=C([C@@H](Sc1ccc2c(c1)OCCO2)c1ccccc1)N1CCCC1. The van der Waals surface area contributed by atoms with Gasteiger partial charge in [-0.3, -0.25) is 4.79 Å². The zero-order valence-corrected chi connectivity index (χ0v) is 14.8. The summed E-state index contributed by atoms with van der Waals surface area (Å²) in [4.78, 5) is 16.1. The first-order valence-corrected chi connectivity index (χ1v) is 9.59. The number of ether oxygens (including phenoxy) is 2. The van der Waals surface area contributed by atoms with E-state index < -0.39 is 0 Å². The van der Waals surface area contributed by atoms with Crippen molar-refractivity contribution in [3.63, 3.8) is 0 Å². The summed E-state index contributed by atoms with van der Waals surface area (Å²) < 4.78 is 11.3. The molecule has 4 nitrogen and oxygen atoms in total. The van der Waals surface area contributed by atoms with Gasteiger partial charge in [-0.15, -0.1) is 11.8 Å². The van der Waals surface area contributed by atoms with E-state index >= 15 is 0 Å². The van der Waals surface area contributed by atoms with Crippen LogP contribution in [0.5, 0.6) is 11.5 Å². The van der Waals surface area contributed by atoms with Gasteiger partial charge in [0.15, 0.2) is 11.5 Å². The lowest BCUT2D eigenvalue weighted by Crippen LogP contribution is -2.31. The van der Waals surface area contributed by atoms with E-state index in [1.807, 2.05) is 53.4 Å². The number of hydrogen-bond donors (Lipinski definition) is 0. The van der Waals surface area contributed by atoms with Crippen LogP contribution in [0.2, 0.25) is 0 Å². The van der Waals surface area contributed by atoms with Gasteiger partial charge in [0.1, 0.15) is 18.5 Å². The number of hydrogen-bond acceptors (Lipinski definition) is 4. The quantitative estimate of drug-likeness (QED) is 0.780. The molecule has 2 aliphatic rings. The third-order valence-corrected chi connectivity index (χ3v) is 5.75. The van der Waals surface area contributed by atoms with Crippen molar-refractivity contribution in [2.24, 2.45) is 0 Å². The molecule has 0 radical (unpaired) electrons. The maximum absolute atomic E-state index is 13.1. The molecule has 2 aliphatic heterocycles. The van der Waals surface area contributed by atoms with E-state index in [9.17, 15) is 4.79 Å². The van der Waals surface area contributed by atoms with E-state index in [2.05, 4.69) is 0 Å². The summed E-state index contributed by atoms with van der Waals surface area (Å²) in [6.07, 6.45) is 2.20. The Hall–Kier alpha value is -2.14. The Balaban J connectivity index is 1.61. The molecule has 0 bridgehead atoms. The van der Waals surface area contributed by atoms with E-state index in [1.54, 1.807) is 11.8 Å². The first kappa shape index (κ1) is 16.3. The smallest absolute Gasteiger partial charge is 0.240 e. The fourth-order valence-corrected chi connectivity index (χ4v) is 4.36. The van der Waals surface area contributed by atoms with Crippen LogP contribution in [-0.2, 0) is 4.79 Å². The van der Waals surface area contributed by atoms with Gasteiger partial charge in [-0.2, -0.15) is 0 Å². The Morgan fingerprint density at radius 2 is 1.68 bits per heavy atom. The predicted molar refractivity (Wildman–Crippen MR) is 98.3 cm³/mol. The van der Waals surface area contributed by atoms with Crippen LogP contribution in [-0.4, -0.2) is 37.1 Å². The number of carbonyl (C=O) groups is 1. The molecule has 0 aliphatic carbocycles. The van der Waals surface area contributed by atoms with E-state index in [0.717, 1.165) is 47.9 Å². The van der Waals surface area contributed by atoms with Gasteiger partial charge in [-0.05, 0) is 36.6 Å². The zero-order chi connectivity index (χ0) is 17.1. The highest BCUT2D eigenvalue weighted by atomic mass is 32.2. The van der Waals surface area contributed by atoms with E-state index in [4.69, 9.17) is 9.47 Å². The highest BCUT2D eigenvalue weighted by molar-refractivity contribution is 8.00. The minimum absolute atomic E-state index is 0.198. The highest BCUT2D eigenvalue weighted by Gasteiger charge is 2.29. The Morgan fingerprint density at radius 3 is 2.44 bits per heavy atom. The topological polar surface area (TPSA) is 38.8 Å². The zero-order valence-electron chi connectivity index (χ0n) is 14.0. The Morgan fingerprint density at radius 1 is 0.960 bits per heavy atom. The Labute approximate surface area is 152 Å². The molecule has 0 saturated carbocycles. The maximum atomic E-state index is 13.1. The third kappa shape index (κ3) is 3.61. The van der Waals surface area contributed by atoms with E-state index in [1.165, 1.54) is 0 Å². The molecule has 1 fully saturated rings. The van der Waals surface area contributed by atoms with Crippen LogP contribution < -0.4 is 9.47 Å². The normalized spacial score (nSPS) is 17.4. The first-order chi connectivity index (χ1) is 12.3. The molecular weight excluding hydrogens is 334 g/mol. The second-order valence-corrected chi connectivity index (χ2v) is 7.42. The largest absolute Gasteiger partial charge is 0.486 e. The van der Waals surface area contributed by atoms with Crippen molar-refractivity contribution in [3.05, 3.63) is 54.1 Å². The number of rotatable bonds is 4. The number of benzene rings is 2. The molecule has 2 aromatic rings. The average Bonchev–Trinajstić information content (AvgIpc) is 3.21. The molecule has 0 N–H and O–H groups in total. The molecule has 1 amide bonds. The van der Waals surface area contributed by atoms with Crippen LogP contribution in [0.3, 0.4) is 0 Å². The predicted octanol–water partition coefficient (Wildman–Crippen LogP) is 3.91. The number of thioether (sulfide) groups is 1. The molecule has 0 aromatic heterocycles. The van der Waals surface area contributed by atoms with Gasteiger partial charge in [0, 0.05) is 18.0 Å². The number of carbonyl (C=O) groups excluding carboxylic acids is 1. The van der Waals surface area contributed by atoms with Crippen molar-refractivity contribution < 1.29 is 14.3 Å². The second-order valence-electron chi connectivity index (χ2n) is 6.25. The van der Waals surface area contributed by atoms with Crippen molar-refractivity contribution in [2.45, 2.75) is 23.0 Å². The van der Waals surface area contributed by atoms with E-state index in [-0.39, 0.29) is 11.2 Å². The van der Waals surface area contributed by atoms with Crippen molar-refractivity contribution in [2.75, 3.05) is 26.3 Å². The van der Waals surface area contributed by atoms with Crippen molar-refractivity contribution >= 4 is 17.7 Å². The molecule has 0 unspecified atom stereocenters. The number of amides is 1. The van der Waals surface area contributed by atoms with Gasteiger partial charge < -0.3 is 14.4 Å². The van der Waals surface area contributed by atoms with Crippen LogP contribution in [0.15, 0.2) is 53.4 Å². The molecular formula is C20H21NO3S. The monoisotopic (exact) mass is 355 g/mol. The third-order valence-electron chi connectivity index (χ3n) is 4.51. The molecule has 25 heavy (non-hydrogen) atoms. The molecule has 2 aromatic carbocycles. The Kier molecular flexibility index (Phi) is 4.83. The summed E-state index contributed by atoms with van der Waals surface area (Å²) in [5.41, 5.74) is 1.04. The lowest BCUT2D eigenvalue weighted by molar-refractivity contribution is -0.129. The fraction of sp³-hybridized carbons (Fsp3) is 0.350. The van der Waals surface area contributed by atoms with Gasteiger partial charge in [-0.25, -0.2) is 0 Å². The molecule has 5 heteroatoms.